The number of hydrogen-bond donors (Lipinski definition) is 2. The van der Waals surface area contributed by atoms with Crippen molar-refractivity contribution in [1.82, 2.24) is 0 Å². The van der Waals surface area contributed by atoms with Crippen molar-refractivity contribution < 1.29 is 14.9 Å². The van der Waals surface area contributed by atoms with Crippen molar-refractivity contribution in [3.63, 3.8) is 0 Å². The molecular weight excluding hydrogens is 210 g/mol. The van der Waals surface area contributed by atoms with Gasteiger partial charge in [0.15, 0.2) is 0 Å². The van der Waals surface area contributed by atoms with Crippen LogP contribution in [0.1, 0.15) is 13.3 Å². The molecule has 0 bridgehead atoms. The molecule has 0 amide bonds. The van der Waals surface area contributed by atoms with Crippen molar-refractivity contribution in [2.24, 2.45) is 0 Å². The average molecular weight is 232 g/mol. The van der Waals surface area contributed by atoms with E-state index in [2.05, 4.69) is 19.6 Å². The Morgan fingerprint density at radius 3 is 2.40 bits per heavy atom. The van der Waals surface area contributed by atoms with Crippen LogP contribution in [0.5, 0.6) is 0 Å². The average Bonchev–Trinajstić information content (AvgIpc) is 2.25. The van der Waals surface area contributed by atoms with E-state index in [4.69, 9.17) is 4.74 Å². The molecule has 0 spiro atoms. The van der Waals surface area contributed by atoms with Crippen molar-refractivity contribution in [3.05, 3.63) is 0 Å². The number of aliphatic hydroxyl groups is 2. The summed E-state index contributed by atoms with van der Waals surface area (Å²) in [5.74, 6) is 0. The minimum Gasteiger partial charge on any atom is -0.387 e. The molecule has 5 heteroatoms. The van der Waals surface area contributed by atoms with E-state index < -0.39 is 18.6 Å². The zero-order valence-corrected chi connectivity index (χ0v) is 11.0. The monoisotopic (exact) mass is 232 g/mol. The van der Waals surface area contributed by atoms with Gasteiger partial charge in [0.05, 0.1) is 12.1 Å². The van der Waals surface area contributed by atoms with Crippen LogP contribution in [-0.4, -0.2) is 67.7 Å². The predicted molar refractivity (Wildman–Crippen MR) is 69.2 cm³/mol. The highest BCUT2D eigenvalue weighted by Gasteiger charge is 2.48. The molecule has 0 aromatic rings. The highest BCUT2D eigenvalue weighted by Crippen LogP contribution is 2.39. The summed E-state index contributed by atoms with van der Waals surface area (Å²) in [5, 5.41) is 19.9. The lowest BCUT2D eigenvalue weighted by molar-refractivity contribution is -0.0425. The van der Waals surface area contributed by atoms with Crippen LogP contribution in [-0.2, 0) is 4.74 Å². The molecule has 0 unspecified atom stereocenters. The van der Waals surface area contributed by atoms with Gasteiger partial charge in [0.1, 0.15) is 19.6 Å². The largest absolute Gasteiger partial charge is 0.387 e. The Hall–Kier alpha value is 0.245. The van der Waals surface area contributed by atoms with Gasteiger partial charge in [-0.05, 0) is 32.8 Å². The van der Waals surface area contributed by atoms with E-state index in [1.165, 1.54) is 0 Å². The molecule has 1 aliphatic rings. The van der Waals surface area contributed by atoms with Crippen LogP contribution in [0.25, 0.3) is 0 Å². The summed E-state index contributed by atoms with van der Waals surface area (Å²) in [6, 6.07) is -0.302. The van der Waals surface area contributed by atoms with E-state index in [1.807, 2.05) is 0 Å². The summed E-state index contributed by atoms with van der Waals surface area (Å²) < 4.78 is 5.57. The zero-order chi connectivity index (χ0) is 11.9. The molecule has 1 heterocycles. The fourth-order valence-corrected chi connectivity index (χ4v) is 2.75. The van der Waals surface area contributed by atoms with Crippen LogP contribution in [0.2, 0.25) is 0 Å². The maximum atomic E-state index is 9.95. The molecule has 0 aromatic carbocycles. The number of hydrogen-bond acceptors (Lipinski definition) is 3. The SMILES string of the molecule is B[C@@H]1O[C@H](CCP(=C)(C)C)[C@@H](O)[C@@]1(C)O. The van der Waals surface area contributed by atoms with E-state index in [0.717, 1.165) is 12.6 Å². The summed E-state index contributed by atoms with van der Waals surface area (Å²) in [7, 11) is 1.80. The third-order valence-corrected chi connectivity index (χ3v) is 4.64. The van der Waals surface area contributed by atoms with E-state index in [0.29, 0.717) is 0 Å². The first-order chi connectivity index (χ1) is 6.64. The van der Waals surface area contributed by atoms with Gasteiger partial charge in [-0.15, -0.1) is 13.2 Å². The molecule has 1 saturated heterocycles. The van der Waals surface area contributed by atoms with Crippen LogP contribution >= 0.6 is 6.89 Å². The third kappa shape index (κ3) is 3.10. The zero-order valence-electron chi connectivity index (χ0n) is 10.1. The van der Waals surface area contributed by atoms with Gasteiger partial charge in [-0.25, -0.2) is 0 Å². The Morgan fingerprint density at radius 2 is 2.07 bits per heavy atom. The number of rotatable bonds is 3. The van der Waals surface area contributed by atoms with Crippen LogP contribution in [0.3, 0.4) is 0 Å². The molecule has 0 saturated carbocycles. The minimum atomic E-state index is -1.12. The Kier molecular flexibility index (Phi) is 3.77. The van der Waals surface area contributed by atoms with Crippen molar-refractivity contribution in [2.75, 3.05) is 19.5 Å². The van der Waals surface area contributed by atoms with Crippen LogP contribution < -0.4 is 0 Å². The first-order valence-corrected chi connectivity index (χ1v) is 8.43. The van der Waals surface area contributed by atoms with Gasteiger partial charge in [0.2, 0.25) is 0 Å². The molecule has 2 N–H and O–H groups in total. The van der Waals surface area contributed by atoms with Crippen LogP contribution in [0.15, 0.2) is 0 Å². The predicted octanol–water partition coefficient (Wildman–Crippen LogP) is -0.444. The molecule has 1 fully saturated rings. The van der Waals surface area contributed by atoms with Crippen molar-refractivity contribution in [1.29, 1.82) is 0 Å². The second kappa shape index (κ2) is 4.25. The molecule has 0 aromatic heterocycles. The second-order valence-electron chi connectivity index (χ2n) is 5.44. The fraction of sp³-hybridized carbons (Fsp3) is 0.900. The third-order valence-electron chi connectivity index (χ3n) is 3.17. The van der Waals surface area contributed by atoms with Gasteiger partial charge in [0.25, 0.3) is 0 Å². The number of aliphatic hydroxyl groups excluding tert-OH is 1. The van der Waals surface area contributed by atoms with Crippen LogP contribution in [0.4, 0.5) is 0 Å². The number of ether oxygens (including phenoxy) is 1. The summed E-state index contributed by atoms with van der Waals surface area (Å²) in [6.07, 6.45) is 4.87. The quantitative estimate of drug-likeness (QED) is 0.512. The topological polar surface area (TPSA) is 49.7 Å². The van der Waals surface area contributed by atoms with Gasteiger partial charge < -0.3 is 14.9 Å². The molecule has 15 heavy (non-hydrogen) atoms. The maximum Gasteiger partial charge on any atom is 0.143 e. The van der Waals surface area contributed by atoms with Crippen LogP contribution in [0, 0.1) is 0 Å². The van der Waals surface area contributed by atoms with Crippen molar-refractivity contribution >= 4 is 21.0 Å². The van der Waals surface area contributed by atoms with Crippen molar-refractivity contribution in [3.8, 4) is 0 Å². The first-order valence-electron chi connectivity index (χ1n) is 5.38. The van der Waals surface area contributed by atoms with E-state index in [-0.39, 0.29) is 12.1 Å². The molecule has 4 atom stereocenters. The summed E-state index contributed by atoms with van der Waals surface area (Å²) >= 11 is 0. The smallest absolute Gasteiger partial charge is 0.143 e. The summed E-state index contributed by atoms with van der Waals surface area (Å²) in [4.78, 5) is 0. The Balaban J connectivity index is 2.57. The lowest BCUT2D eigenvalue weighted by atomic mass is 9.82. The van der Waals surface area contributed by atoms with Gasteiger partial charge >= 0.3 is 0 Å². The van der Waals surface area contributed by atoms with Gasteiger partial charge in [0, 0.05) is 0 Å². The Morgan fingerprint density at radius 1 is 1.53 bits per heavy atom. The summed E-state index contributed by atoms with van der Waals surface area (Å²) in [6.45, 7) is 4.88. The van der Waals surface area contributed by atoms with Gasteiger partial charge in [-0.1, -0.05) is 0 Å². The first kappa shape index (κ1) is 13.3. The van der Waals surface area contributed by atoms with E-state index in [9.17, 15) is 10.2 Å². The van der Waals surface area contributed by atoms with E-state index in [1.54, 1.807) is 14.8 Å². The minimum absolute atomic E-state index is 0.240. The molecule has 0 radical (unpaired) electrons. The molecular formula is C10H22BO3P. The van der Waals surface area contributed by atoms with Gasteiger partial charge in [-0.2, -0.15) is 0 Å². The highest BCUT2D eigenvalue weighted by atomic mass is 31.2. The fourth-order valence-electron chi connectivity index (χ4n) is 1.79. The Bertz CT molecular complexity index is 274. The van der Waals surface area contributed by atoms with Gasteiger partial charge in [-0.3, -0.25) is 0 Å². The lowest BCUT2D eigenvalue weighted by Gasteiger charge is -2.24. The highest BCUT2D eigenvalue weighted by molar-refractivity contribution is 7.72. The molecule has 1 aliphatic heterocycles. The molecule has 0 aliphatic carbocycles. The molecule has 1 rings (SSSR count). The normalized spacial score (nSPS) is 42.1. The molecule has 3 nitrogen and oxygen atoms in total. The Labute approximate surface area is 93.2 Å². The molecule has 88 valence electrons. The van der Waals surface area contributed by atoms with Crippen molar-refractivity contribution in [2.45, 2.75) is 37.2 Å². The maximum absolute atomic E-state index is 9.95. The lowest BCUT2D eigenvalue weighted by Crippen LogP contribution is -2.45. The standard InChI is InChI=1S/C10H22BO3P/c1-10(13)8(12)7(14-9(10)11)5-6-15(2,3)4/h7-9,12-13H,2,5-6,11H2,1,3-4H3/t7-,8-,9-,10-/m1/s1. The second-order valence-corrected chi connectivity index (χ2v) is 9.75. The summed E-state index contributed by atoms with van der Waals surface area (Å²) in [5.41, 5.74) is -1.12. The van der Waals surface area contributed by atoms with E-state index >= 15 is 0 Å².